The minimum atomic E-state index is -0.0925. The molecule has 0 saturated carbocycles. The van der Waals surface area contributed by atoms with Crippen LogP contribution in [0.15, 0.2) is 45.7 Å². The summed E-state index contributed by atoms with van der Waals surface area (Å²) in [6.45, 7) is 3.05. The second kappa shape index (κ2) is 6.81. The molecular formula is C18H19BrN2O3. The first-order valence-electron chi connectivity index (χ1n) is 7.83. The normalized spacial score (nSPS) is 17.1. The molecule has 0 aliphatic carbocycles. The fourth-order valence-electron chi connectivity index (χ4n) is 2.81. The first kappa shape index (κ1) is 16.8. The molecule has 6 heteroatoms. The molecule has 3 rings (SSSR count). The van der Waals surface area contributed by atoms with Crippen LogP contribution in [0.2, 0.25) is 0 Å². The van der Waals surface area contributed by atoms with Gasteiger partial charge in [-0.1, -0.05) is 22.0 Å². The van der Waals surface area contributed by atoms with Gasteiger partial charge in [0.2, 0.25) is 0 Å². The standard InChI is InChI=1S/C18H19BrN2O3/c1-12-8-16(10-17(22)20(12)2)24-15-6-7-21(11-15)18(23)13-4-3-5-14(19)9-13/h3-5,8-10,15H,6-7,11H2,1-2H3. The van der Waals surface area contributed by atoms with Gasteiger partial charge in [0, 0.05) is 41.8 Å². The molecule has 0 N–H and O–H groups in total. The second-order valence-electron chi connectivity index (χ2n) is 6.02. The van der Waals surface area contributed by atoms with E-state index in [9.17, 15) is 9.59 Å². The zero-order valence-corrected chi connectivity index (χ0v) is 15.2. The van der Waals surface area contributed by atoms with Crippen LogP contribution in [0.1, 0.15) is 22.5 Å². The molecule has 126 valence electrons. The van der Waals surface area contributed by atoms with Gasteiger partial charge in [0.25, 0.3) is 11.5 Å². The highest BCUT2D eigenvalue weighted by Gasteiger charge is 2.28. The van der Waals surface area contributed by atoms with Crippen LogP contribution in [0.4, 0.5) is 0 Å². The van der Waals surface area contributed by atoms with E-state index >= 15 is 0 Å². The van der Waals surface area contributed by atoms with E-state index in [0.29, 0.717) is 24.4 Å². The van der Waals surface area contributed by atoms with Crippen LogP contribution in [0.3, 0.4) is 0 Å². The van der Waals surface area contributed by atoms with Crippen LogP contribution in [0, 0.1) is 6.92 Å². The predicted octanol–water partition coefficient (Wildman–Crippen LogP) is 2.75. The van der Waals surface area contributed by atoms with Crippen molar-refractivity contribution in [3.05, 3.63) is 62.5 Å². The topological polar surface area (TPSA) is 51.5 Å². The third-order valence-corrected chi connectivity index (χ3v) is 4.78. The van der Waals surface area contributed by atoms with Crippen LogP contribution < -0.4 is 10.3 Å². The molecule has 1 amide bonds. The lowest BCUT2D eigenvalue weighted by atomic mass is 10.2. The lowest BCUT2D eigenvalue weighted by Crippen LogP contribution is -2.31. The Bertz CT molecular complexity index is 831. The van der Waals surface area contributed by atoms with Crippen molar-refractivity contribution in [2.45, 2.75) is 19.4 Å². The highest BCUT2D eigenvalue weighted by molar-refractivity contribution is 9.10. The van der Waals surface area contributed by atoms with Crippen molar-refractivity contribution in [2.75, 3.05) is 13.1 Å². The summed E-state index contributed by atoms with van der Waals surface area (Å²) in [5, 5.41) is 0. The van der Waals surface area contributed by atoms with Crippen LogP contribution in [0.25, 0.3) is 0 Å². The number of hydrogen-bond donors (Lipinski definition) is 0. The van der Waals surface area contributed by atoms with Gasteiger partial charge in [-0.2, -0.15) is 0 Å². The summed E-state index contributed by atoms with van der Waals surface area (Å²) in [6.07, 6.45) is 0.668. The van der Waals surface area contributed by atoms with Gasteiger partial charge in [0.15, 0.2) is 0 Å². The smallest absolute Gasteiger partial charge is 0.254 e. The molecule has 1 fully saturated rings. The number of carbonyl (C=O) groups excluding carboxylic acids is 1. The van der Waals surface area contributed by atoms with Crippen molar-refractivity contribution in [3.8, 4) is 5.75 Å². The Morgan fingerprint density at radius 1 is 1.29 bits per heavy atom. The maximum absolute atomic E-state index is 12.5. The average molecular weight is 391 g/mol. The number of aromatic nitrogens is 1. The monoisotopic (exact) mass is 390 g/mol. The van der Waals surface area contributed by atoms with Gasteiger partial charge in [-0.25, -0.2) is 0 Å². The number of amides is 1. The Balaban J connectivity index is 1.67. The fourth-order valence-corrected chi connectivity index (χ4v) is 3.21. The van der Waals surface area contributed by atoms with Crippen molar-refractivity contribution in [3.63, 3.8) is 0 Å². The van der Waals surface area contributed by atoms with Crippen LogP contribution >= 0.6 is 15.9 Å². The molecule has 1 aliphatic rings. The SMILES string of the molecule is Cc1cc(OC2CCN(C(=O)c3cccc(Br)c3)C2)cc(=O)n1C. The Labute approximate surface area is 149 Å². The van der Waals surface area contributed by atoms with Crippen LogP contribution in [-0.4, -0.2) is 34.6 Å². The van der Waals surface area contributed by atoms with Crippen molar-refractivity contribution in [2.24, 2.45) is 7.05 Å². The first-order valence-corrected chi connectivity index (χ1v) is 8.62. The maximum atomic E-state index is 12.5. The molecule has 24 heavy (non-hydrogen) atoms. The molecule has 1 aromatic heterocycles. The van der Waals surface area contributed by atoms with E-state index < -0.39 is 0 Å². The molecule has 0 spiro atoms. The minimum Gasteiger partial charge on any atom is -0.488 e. The fraction of sp³-hybridized carbons (Fsp3) is 0.333. The quantitative estimate of drug-likeness (QED) is 0.809. The summed E-state index contributed by atoms with van der Waals surface area (Å²) >= 11 is 3.39. The van der Waals surface area contributed by atoms with Gasteiger partial charge in [-0.3, -0.25) is 9.59 Å². The number of rotatable bonds is 3. The molecule has 0 radical (unpaired) electrons. The van der Waals surface area contributed by atoms with E-state index in [1.165, 1.54) is 6.07 Å². The summed E-state index contributed by atoms with van der Waals surface area (Å²) in [6, 6.07) is 10.7. The number of carbonyl (C=O) groups is 1. The Morgan fingerprint density at radius 3 is 2.79 bits per heavy atom. The van der Waals surface area contributed by atoms with Gasteiger partial charge in [0.05, 0.1) is 6.54 Å². The number of benzene rings is 1. The molecule has 1 saturated heterocycles. The van der Waals surface area contributed by atoms with E-state index in [-0.39, 0.29) is 17.6 Å². The summed E-state index contributed by atoms with van der Waals surface area (Å²) in [7, 11) is 1.73. The molecule has 1 unspecified atom stereocenters. The molecular weight excluding hydrogens is 372 g/mol. The van der Waals surface area contributed by atoms with Gasteiger partial charge in [-0.05, 0) is 31.2 Å². The number of pyridine rings is 1. The highest BCUT2D eigenvalue weighted by atomic mass is 79.9. The third-order valence-electron chi connectivity index (χ3n) is 4.28. The highest BCUT2D eigenvalue weighted by Crippen LogP contribution is 2.21. The Morgan fingerprint density at radius 2 is 2.08 bits per heavy atom. The van der Waals surface area contributed by atoms with E-state index in [1.807, 2.05) is 37.3 Å². The van der Waals surface area contributed by atoms with Crippen LogP contribution in [-0.2, 0) is 7.05 Å². The molecule has 2 heterocycles. The molecule has 5 nitrogen and oxygen atoms in total. The van der Waals surface area contributed by atoms with Crippen molar-refractivity contribution in [1.29, 1.82) is 0 Å². The molecule has 2 aromatic rings. The number of likely N-dealkylation sites (tertiary alicyclic amines) is 1. The lowest BCUT2D eigenvalue weighted by molar-refractivity contribution is 0.0772. The lowest BCUT2D eigenvalue weighted by Gasteiger charge is -2.18. The van der Waals surface area contributed by atoms with Crippen molar-refractivity contribution in [1.82, 2.24) is 9.47 Å². The first-order chi connectivity index (χ1) is 11.4. The molecule has 1 aliphatic heterocycles. The van der Waals surface area contributed by atoms with Crippen LogP contribution in [0.5, 0.6) is 5.75 Å². The number of nitrogens with zero attached hydrogens (tertiary/aromatic N) is 2. The number of ether oxygens (including phenoxy) is 1. The summed E-state index contributed by atoms with van der Waals surface area (Å²) in [5.74, 6) is 0.569. The van der Waals surface area contributed by atoms with E-state index in [4.69, 9.17) is 4.74 Å². The number of aryl methyl sites for hydroxylation is 1. The summed E-state index contributed by atoms with van der Waals surface area (Å²) in [5.41, 5.74) is 1.41. The largest absolute Gasteiger partial charge is 0.488 e. The molecule has 1 aromatic carbocycles. The Kier molecular flexibility index (Phi) is 4.76. The second-order valence-corrected chi connectivity index (χ2v) is 6.94. The molecule has 0 bridgehead atoms. The van der Waals surface area contributed by atoms with E-state index in [1.54, 1.807) is 16.5 Å². The Hall–Kier alpha value is -2.08. The third kappa shape index (κ3) is 3.53. The van der Waals surface area contributed by atoms with E-state index in [2.05, 4.69) is 15.9 Å². The molecule has 1 atom stereocenters. The van der Waals surface area contributed by atoms with Gasteiger partial charge in [0.1, 0.15) is 11.9 Å². The van der Waals surface area contributed by atoms with E-state index in [0.717, 1.165) is 16.6 Å². The minimum absolute atomic E-state index is 0.00237. The van der Waals surface area contributed by atoms with Gasteiger partial charge >= 0.3 is 0 Å². The van der Waals surface area contributed by atoms with Crippen molar-refractivity contribution >= 4 is 21.8 Å². The zero-order chi connectivity index (χ0) is 17.3. The van der Waals surface area contributed by atoms with Gasteiger partial charge in [-0.15, -0.1) is 0 Å². The predicted molar refractivity (Wildman–Crippen MR) is 95.5 cm³/mol. The van der Waals surface area contributed by atoms with Crippen molar-refractivity contribution < 1.29 is 9.53 Å². The summed E-state index contributed by atoms with van der Waals surface area (Å²) in [4.78, 5) is 26.2. The zero-order valence-electron chi connectivity index (χ0n) is 13.7. The number of hydrogen-bond acceptors (Lipinski definition) is 3. The maximum Gasteiger partial charge on any atom is 0.254 e. The average Bonchev–Trinajstić information content (AvgIpc) is 3.00. The number of halogens is 1. The van der Waals surface area contributed by atoms with Gasteiger partial charge < -0.3 is 14.2 Å². The summed E-state index contributed by atoms with van der Waals surface area (Å²) < 4.78 is 8.37.